The Labute approximate surface area is 302 Å². The molecule has 49 heavy (non-hydrogen) atoms. The van der Waals surface area contributed by atoms with Crippen LogP contribution < -0.4 is 10.4 Å². The zero-order chi connectivity index (χ0) is 35.5. The van der Waals surface area contributed by atoms with E-state index < -0.39 is 26.3 Å². The number of ether oxygens (including phenoxy) is 3. The third-order valence-corrected chi connectivity index (χ3v) is 17.4. The first kappa shape index (κ1) is 36.4. The van der Waals surface area contributed by atoms with Gasteiger partial charge in [-0.05, 0) is 65.8 Å². The summed E-state index contributed by atoms with van der Waals surface area (Å²) in [5, 5.41) is 2.15. The zero-order valence-corrected chi connectivity index (χ0v) is 33.0. The van der Waals surface area contributed by atoms with Gasteiger partial charge in [0.25, 0.3) is 8.32 Å². The lowest BCUT2D eigenvalue weighted by atomic mass is 9.58. The standard InChI is InChI=1S/C41H53BrO6Si/c1-24-22-25(2)37(27(4)48-49(40(5,6)7,29-16-12-10-13-17-29)30-18-14-11-15-19-30)45-32(43)21-20-28-23-31(42)34-35(33(24)28)36(44)26(3)38-39(34)47-41(8,9)46-38/h10-19,22-23,25-28,33-35,37-39H,20-21H2,1-9H3/b24-22+/t25-,26-,27-,28+,33-,34-,35+,37+,38-,39+/m1/s1. The average Bonchev–Trinajstić information content (AvgIpc) is 3.38. The molecule has 6 rings (SSSR count). The number of allylic oxidation sites excluding steroid dienone is 2. The summed E-state index contributed by atoms with van der Waals surface area (Å²) in [5.74, 6) is -1.68. The molecule has 0 unspecified atom stereocenters. The van der Waals surface area contributed by atoms with Crippen molar-refractivity contribution in [3.63, 3.8) is 0 Å². The number of carbonyl (C=O) groups excluding carboxylic acids is 2. The number of carbonyl (C=O) groups is 2. The summed E-state index contributed by atoms with van der Waals surface area (Å²) in [6.07, 6.45) is 3.90. The number of cyclic esters (lactones) is 1. The molecule has 10 atom stereocenters. The van der Waals surface area contributed by atoms with Crippen LogP contribution in [0.25, 0.3) is 0 Å². The van der Waals surface area contributed by atoms with Gasteiger partial charge in [-0.2, -0.15) is 0 Å². The van der Waals surface area contributed by atoms with Gasteiger partial charge in [0.15, 0.2) is 5.79 Å². The number of Topliss-reactive ketones (excluding diaryl/α,β-unsaturated/α-hetero) is 1. The van der Waals surface area contributed by atoms with Gasteiger partial charge in [-0.3, -0.25) is 9.59 Å². The van der Waals surface area contributed by atoms with Crippen molar-refractivity contribution in [3.05, 3.63) is 82.9 Å². The van der Waals surface area contributed by atoms with Crippen LogP contribution in [0.2, 0.25) is 5.04 Å². The van der Waals surface area contributed by atoms with Crippen LogP contribution in [-0.4, -0.2) is 50.3 Å². The summed E-state index contributed by atoms with van der Waals surface area (Å²) in [5.41, 5.74) is 1.15. The maximum absolute atomic E-state index is 14.3. The molecule has 1 saturated heterocycles. The number of halogens is 1. The summed E-state index contributed by atoms with van der Waals surface area (Å²) in [6.45, 7) is 19.0. The minimum absolute atomic E-state index is 0.0111. The molecular weight excluding hydrogens is 696 g/mol. The van der Waals surface area contributed by atoms with Crippen LogP contribution in [-0.2, 0) is 28.2 Å². The van der Waals surface area contributed by atoms with E-state index in [2.05, 4.69) is 118 Å². The monoisotopic (exact) mass is 748 g/mol. The van der Waals surface area contributed by atoms with E-state index in [1.54, 1.807) is 0 Å². The number of rotatable bonds is 5. The Morgan fingerprint density at radius 3 is 2.02 bits per heavy atom. The van der Waals surface area contributed by atoms with Crippen LogP contribution in [0.1, 0.15) is 75.2 Å². The molecule has 0 aromatic heterocycles. The third kappa shape index (κ3) is 6.61. The van der Waals surface area contributed by atoms with Crippen molar-refractivity contribution in [2.45, 2.75) is 110 Å². The van der Waals surface area contributed by atoms with Crippen molar-refractivity contribution < 1.29 is 28.2 Å². The van der Waals surface area contributed by atoms with Gasteiger partial charge in [0.2, 0.25) is 0 Å². The summed E-state index contributed by atoms with van der Waals surface area (Å²) in [4.78, 5) is 28.0. The highest BCUT2D eigenvalue weighted by molar-refractivity contribution is 9.11. The lowest BCUT2D eigenvalue weighted by molar-refractivity contribution is -0.157. The number of hydrogen-bond acceptors (Lipinski definition) is 6. The topological polar surface area (TPSA) is 71.1 Å². The Morgan fingerprint density at radius 1 is 0.878 bits per heavy atom. The first-order chi connectivity index (χ1) is 23.1. The largest absolute Gasteiger partial charge is 0.459 e. The van der Waals surface area contributed by atoms with Crippen molar-refractivity contribution >= 4 is 46.4 Å². The van der Waals surface area contributed by atoms with Crippen LogP contribution in [0.3, 0.4) is 0 Å². The Hall–Kier alpha value is -2.36. The van der Waals surface area contributed by atoms with E-state index in [0.29, 0.717) is 6.42 Å². The quantitative estimate of drug-likeness (QED) is 0.177. The second-order valence-corrected chi connectivity index (χ2v) is 21.5. The maximum atomic E-state index is 14.3. The van der Waals surface area contributed by atoms with Crippen LogP contribution in [0.4, 0.5) is 0 Å². The van der Waals surface area contributed by atoms with E-state index >= 15 is 0 Å². The molecule has 0 amide bonds. The molecule has 2 fully saturated rings. The summed E-state index contributed by atoms with van der Waals surface area (Å²) >= 11 is 3.88. The highest BCUT2D eigenvalue weighted by Gasteiger charge is 2.61. The maximum Gasteiger partial charge on any atom is 0.306 e. The normalized spacial score (nSPS) is 35.1. The molecule has 0 spiro atoms. The molecule has 4 aliphatic rings. The minimum Gasteiger partial charge on any atom is -0.459 e. The van der Waals surface area contributed by atoms with E-state index in [9.17, 15) is 9.59 Å². The van der Waals surface area contributed by atoms with Crippen LogP contribution >= 0.6 is 15.9 Å². The first-order valence-corrected chi connectivity index (χ1v) is 20.7. The number of hydrogen-bond donors (Lipinski definition) is 0. The number of esters is 1. The Morgan fingerprint density at radius 2 is 1.45 bits per heavy atom. The fraction of sp³-hybridized carbons (Fsp3) is 0.561. The van der Waals surface area contributed by atoms with Gasteiger partial charge in [0, 0.05) is 30.1 Å². The molecule has 0 N–H and O–H groups in total. The predicted octanol–water partition coefficient (Wildman–Crippen LogP) is 7.74. The van der Waals surface area contributed by atoms with Gasteiger partial charge in [-0.15, -0.1) is 0 Å². The van der Waals surface area contributed by atoms with Crippen molar-refractivity contribution in [3.8, 4) is 0 Å². The van der Waals surface area contributed by atoms with E-state index in [1.165, 1.54) is 10.4 Å². The van der Waals surface area contributed by atoms with Crippen molar-refractivity contribution in [2.75, 3.05) is 0 Å². The molecule has 0 bridgehead atoms. The van der Waals surface area contributed by atoms with E-state index in [4.69, 9.17) is 18.6 Å². The number of benzene rings is 2. The Kier molecular flexibility index (Phi) is 10.1. The van der Waals surface area contributed by atoms with Crippen LogP contribution in [0.15, 0.2) is 82.9 Å². The minimum atomic E-state index is -2.91. The van der Waals surface area contributed by atoms with Crippen molar-refractivity contribution in [2.24, 2.45) is 35.5 Å². The van der Waals surface area contributed by atoms with Gasteiger partial charge in [-0.25, -0.2) is 0 Å². The van der Waals surface area contributed by atoms with Crippen LogP contribution in [0.5, 0.6) is 0 Å². The molecule has 0 radical (unpaired) electrons. The molecule has 8 heteroatoms. The van der Waals surface area contributed by atoms with Gasteiger partial charge in [-0.1, -0.05) is 129 Å². The fourth-order valence-corrected chi connectivity index (χ4v) is 15.0. The van der Waals surface area contributed by atoms with Gasteiger partial charge in [0.1, 0.15) is 11.9 Å². The second-order valence-electron chi connectivity index (χ2n) is 16.3. The van der Waals surface area contributed by atoms with Gasteiger partial charge < -0.3 is 18.6 Å². The fourth-order valence-electron chi connectivity index (χ4n) is 9.41. The SMILES string of the molecule is C/C1=C\[C@@H](C)[C@@H]([C@@H](C)O[Si](c2ccccc2)(c2ccccc2)C(C)(C)C)OC(=O)CC[C@H]2C=C(Br)[C@H]3[C@@H]4OC(C)(C)O[C@@H]4[C@H](C)C(=O)[C@H]3[C@H]12. The highest BCUT2D eigenvalue weighted by Crippen LogP contribution is 2.55. The van der Waals surface area contributed by atoms with Crippen LogP contribution in [0, 0.1) is 35.5 Å². The molecule has 1 saturated carbocycles. The molecule has 264 valence electrons. The van der Waals surface area contributed by atoms with E-state index in [-0.39, 0.29) is 70.9 Å². The smallest absolute Gasteiger partial charge is 0.306 e. The molecule has 2 heterocycles. The molecule has 6 nitrogen and oxygen atoms in total. The average molecular weight is 750 g/mol. The summed E-state index contributed by atoms with van der Waals surface area (Å²) in [7, 11) is -2.91. The highest BCUT2D eigenvalue weighted by atomic mass is 79.9. The molecule has 2 aromatic rings. The summed E-state index contributed by atoms with van der Waals surface area (Å²) < 4.78 is 27.6. The second kappa shape index (κ2) is 13.6. The van der Waals surface area contributed by atoms with Gasteiger partial charge >= 0.3 is 5.97 Å². The number of fused-ring (bicyclic) bond motifs is 5. The molecule has 2 aromatic carbocycles. The summed E-state index contributed by atoms with van der Waals surface area (Å²) in [6, 6.07) is 21.1. The van der Waals surface area contributed by atoms with Gasteiger partial charge in [0.05, 0.1) is 18.3 Å². The third-order valence-electron chi connectivity index (χ3n) is 11.5. The lowest BCUT2D eigenvalue weighted by Crippen LogP contribution is -2.68. The molecule has 2 aliphatic heterocycles. The molecular formula is C41H53BrO6Si. The zero-order valence-electron chi connectivity index (χ0n) is 30.4. The van der Waals surface area contributed by atoms with Crippen molar-refractivity contribution in [1.29, 1.82) is 0 Å². The molecule has 2 aliphatic carbocycles. The Bertz CT molecular complexity index is 1560. The van der Waals surface area contributed by atoms with E-state index in [0.717, 1.165) is 10.1 Å². The Balaban J connectivity index is 1.38. The van der Waals surface area contributed by atoms with Crippen molar-refractivity contribution in [1.82, 2.24) is 0 Å². The van der Waals surface area contributed by atoms with E-state index in [1.807, 2.05) is 32.9 Å². The number of ketones is 1. The lowest BCUT2D eigenvalue weighted by Gasteiger charge is -2.49. The predicted molar refractivity (Wildman–Crippen MR) is 199 cm³/mol. The first-order valence-electron chi connectivity index (χ1n) is 18.0.